The summed E-state index contributed by atoms with van der Waals surface area (Å²) in [5.74, 6) is 0.554. The molecule has 1 aliphatic rings. The molecular weight excluding hydrogens is 777 g/mol. The fraction of sp³-hybridized carbons (Fsp3) is 0.100. The lowest BCUT2D eigenvalue weighted by atomic mass is 9.72. The van der Waals surface area contributed by atoms with Crippen LogP contribution in [0.3, 0.4) is 0 Å². The first-order valence-corrected chi connectivity index (χ1v) is 22.2. The van der Waals surface area contributed by atoms with Gasteiger partial charge in [0.05, 0.1) is 33.5 Å². The summed E-state index contributed by atoms with van der Waals surface area (Å²) < 4.78 is 4.85. The van der Waals surface area contributed by atoms with Crippen LogP contribution in [-0.2, 0) is 0 Å². The van der Waals surface area contributed by atoms with Crippen molar-refractivity contribution in [1.29, 1.82) is 0 Å². The predicted molar refractivity (Wildman–Crippen MR) is 273 cm³/mol. The molecule has 2 atom stereocenters. The first-order valence-electron chi connectivity index (χ1n) is 22.2. The number of para-hydroxylation sites is 1. The highest BCUT2D eigenvalue weighted by Crippen LogP contribution is 2.51. The molecule has 0 N–H and O–H groups in total. The van der Waals surface area contributed by atoms with E-state index >= 15 is 0 Å². The zero-order valence-electron chi connectivity index (χ0n) is 36.7. The molecular formula is C60H48N4. The Bertz CT molecular complexity index is 3640. The van der Waals surface area contributed by atoms with E-state index in [0.717, 1.165) is 55.9 Å². The zero-order valence-corrected chi connectivity index (χ0v) is 36.7. The van der Waals surface area contributed by atoms with Gasteiger partial charge >= 0.3 is 0 Å². The maximum absolute atomic E-state index is 4.94. The lowest BCUT2D eigenvalue weighted by molar-refractivity contribution is 0.617. The second kappa shape index (κ2) is 15.5. The third-order valence-electron chi connectivity index (χ3n) is 13.6. The number of rotatable bonds is 8. The summed E-state index contributed by atoms with van der Waals surface area (Å²) in [7, 11) is 0. The molecule has 4 heterocycles. The summed E-state index contributed by atoms with van der Waals surface area (Å²) in [6.07, 6.45) is 18.0. The van der Waals surface area contributed by atoms with Gasteiger partial charge in [0.25, 0.3) is 0 Å². The molecule has 4 nitrogen and oxygen atoms in total. The Labute approximate surface area is 374 Å². The highest BCUT2D eigenvalue weighted by molar-refractivity contribution is 6.15. The van der Waals surface area contributed by atoms with Gasteiger partial charge in [-0.3, -0.25) is 9.97 Å². The van der Waals surface area contributed by atoms with Crippen molar-refractivity contribution in [1.82, 2.24) is 19.1 Å². The lowest BCUT2D eigenvalue weighted by Crippen LogP contribution is -2.13. The smallest absolute Gasteiger partial charge is 0.0780 e. The number of aryl methyl sites for hydroxylation is 1. The van der Waals surface area contributed by atoms with E-state index in [1.807, 2.05) is 30.6 Å². The van der Waals surface area contributed by atoms with Gasteiger partial charge in [-0.25, -0.2) is 0 Å². The van der Waals surface area contributed by atoms with E-state index in [1.54, 1.807) is 0 Å². The van der Waals surface area contributed by atoms with Gasteiger partial charge in [0.2, 0.25) is 0 Å². The van der Waals surface area contributed by atoms with Crippen molar-refractivity contribution in [3.63, 3.8) is 0 Å². The first-order chi connectivity index (χ1) is 31.4. The van der Waals surface area contributed by atoms with Crippen LogP contribution >= 0.6 is 0 Å². The molecule has 308 valence electrons. The lowest BCUT2D eigenvalue weighted by Gasteiger charge is -2.32. The fourth-order valence-electron chi connectivity index (χ4n) is 10.4. The Morgan fingerprint density at radius 3 is 1.95 bits per heavy atom. The molecule has 11 rings (SSSR count). The standard InChI is InChI=1S/C60H48N4/c1-7-10-21-45-37(4)27-29-61-59(45)41-23-25-55-51(31-41)53-33-47-38(5)39(6)48-34-54-52-32-42(60-46-22-15-14-18-40(46)28-30-62-60)24-26-56(52)64(44-19-12-11-13-20-44)58(54)36-50(48)49(47)35-57(53)63(55)43(16-8-2)17-9-3/h7-36,38-39H,1-2H2,3-6H3/b17-9-,21-10-,43-16+. The average molecular weight is 825 g/mol. The summed E-state index contributed by atoms with van der Waals surface area (Å²) in [6.45, 7) is 17.1. The Kier molecular flexibility index (Phi) is 9.47. The Balaban J connectivity index is 1.19. The second-order valence-corrected chi connectivity index (χ2v) is 17.2. The van der Waals surface area contributed by atoms with Crippen LogP contribution in [0.4, 0.5) is 0 Å². The third kappa shape index (κ3) is 6.05. The van der Waals surface area contributed by atoms with Crippen LogP contribution in [0.15, 0.2) is 189 Å². The van der Waals surface area contributed by atoms with E-state index in [-0.39, 0.29) is 11.8 Å². The van der Waals surface area contributed by atoms with Gasteiger partial charge < -0.3 is 9.13 Å². The van der Waals surface area contributed by atoms with Crippen LogP contribution < -0.4 is 0 Å². The van der Waals surface area contributed by atoms with Crippen molar-refractivity contribution < 1.29 is 0 Å². The SMILES string of the molecule is C=C/C=C\c1c(C)ccnc1-c1ccc2c(c1)c1cc3c(cc1n2C(/C=C\C)=C/C=C)-c1cc2c(cc1C(C)C3C)c1cc(-c3nccc4ccccc34)ccc1n2-c1ccccc1. The van der Waals surface area contributed by atoms with Gasteiger partial charge in [-0.1, -0.05) is 112 Å². The monoisotopic (exact) mass is 824 g/mol. The molecule has 0 fully saturated rings. The van der Waals surface area contributed by atoms with Gasteiger partial charge in [0.1, 0.15) is 0 Å². The maximum atomic E-state index is 4.94. The molecule has 0 aliphatic heterocycles. The number of aromatic nitrogens is 4. The van der Waals surface area contributed by atoms with Gasteiger partial charge in [-0.05, 0) is 144 Å². The fourth-order valence-corrected chi connectivity index (χ4v) is 10.4. The highest BCUT2D eigenvalue weighted by atomic mass is 15.0. The minimum absolute atomic E-state index is 0.275. The summed E-state index contributed by atoms with van der Waals surface area (Å²) in [5.41, 5.74) is 18.6. The van der Waals surface area contributed by atoms with Crippen LogP contribution in [0, 0.1) is 6.92 Å². The Morgan fingerprint density at radius 2 is 1.22 bits per heavy atom. The normalized spacial score (nSPS) is 15.3. The van der Waals surface area contributed by atoms with Crippen molar-refractivity contribution in [2.24, 2.45) is 0 Å². The van der Waals surface area contributed by atoms with E-state index in [1.165, 1.54) is 65.8 Å². The predicted octanol–water partition coefficient (Wildman–Crippen LogP) is 16.2. The topological polar surface area (TPSA) is 35.6 Å². The summed E-state index contributed by atoms with van der Waals surface area (Å²) in [6, 6.07) is 47.1. The Hall–Kier alpha value is -7.82. The molecule has 0 spiro atoms. The van der Waals surface area contributed by atoms with Crippen molar-refractivity contribution >= 4 is 66.2 Å². The highest BCUT2D eigenvalue weighted by Gasteiger charge is 2.31. The van der Waals surface area contributed by atoms with E-state index in [4.69, 9.17) is 9.97 Å². The molecule has 64 heavy (non-hydrogen) atoms. The van der Waals surface area contributed by atoms with Gasteiger partial charge in [-0.2, -0.15) is 0 Å². The van der Waals surface area contributed by atoms with Crippen LogP contribution in [0.1, 0.15) is 54.9 Å². The molecule has 6 aromatic carbocycles. The van der Waals surface area contributed by atoms with Crippen molar-refractivity contribution in [2.75, 3.05) is 0 Å². The van der Waals surface area contributed by atoms with Gasteiger partial charge in [0.15, 0.2) is 0 Å². The Morgan fingerprint density at radius 1 is 0.594 bits per heavy atom. The minimum Gasteiger partial charge on any atom is -0.309 e. The average Bonchev–Trinajstić information content (AvgIpc) is 3.82. The largest absolute Gasteiger partial charge is 0.309 e. The first kappa shape index (κ1) is 39.1. The molecule has 4 aromatic heterocycles. The molecule has 0 saturated heterocycles. The van der Waals surface area contributed by atoms with Crippen molar-refractivity contribution in [3.05, 3.63) is 212 Å². The quantitative estimate of drug-likeness (QED) is 0.143. The number of fused-ring (bicyclic) bond motifs is 10. The number of hydrogen-bond acceptors (Lipinski definition) is 2. The molecule has 0 amide bonds. The zero-order chi connectivity index (χ0) is 43.6. The van der Waals surface area contributed by atoms with Crippen molar-refractivity contribution in [2.45, 2.75) is 39.5 Å². The van der Waals surface area contributed by atoms with Crippen LogP contribution in [0.25, 0.3) is 105 Å². The molecule has 0 radical (unpaired) electrons. The number of pyridine rings is 2. The maximum Gasteiger partial charge on any atom is 0.0780 e. The number of hydrogen-bond donors (Lipinski definition) is 0. The summed E-state index contributed by atoms with van der Waals surface area (Å²) in [5, 5.41) is 7.24. The van der Waals surface area contributed by atoms with E-state index < -0.39 is 0 Å². The number of allylic oxidation sites excluding steroid dienone is 7. The van der Waals surface area contributed by atoms with Gasteiger partial charge in [-0.15, -0.1) is 0 Å². The minimum atomic E-state index is 0.275. The molecule has 10 aromatic rings. The van der Waals surface area contributed by atoms with Crippen LogP contribution in [0.2, 0.25) is 0 Å². The second-order valence-electron chi connectivity index (χ2n) is 17.2. The van der Waals surface area contributed by atoms with Gasteiger partial charge in [0, 0.05) is 67.4 Å². The van der Waals surface area contributed by atoms with E-state index in [0.29, 0.717) is 0 Å². The number of benzene rings is 6. The summed E-state index contributed by atoms with van der Waals surface area (Å²) in [4.78, 5) is 9.87. The van der Waals surface area contributed by atoms with E-state index in [9.17, 15) is 0 Å². The van der Waals surface area contributed by atoms with Crippen LogP contribution in [0.5, 0.6) is 0 Å². The molecule has 4 heteroatoms. The molecule has 0 bridgehead atoms. The van der Waals surface area contributed by atoms with E-state index in [2.05, 4.69) is 202 Å². The number of nitrogens with zero attached hydrogens (tertiary/aromatic N) is 4. The third-order valence-corrected chi connectivity index (χ3v) is 13.6. The van der Waals surface area contributed by atoms with Crippen LogP contribution in [-0.4, -0.2) is 19.1 Å². The summed E-state index contributed by atoms with van der Waals surface area (Å²) >= 11 is 0. The molecule has 1 aliphatic carbocycles. The van der Waals surface area contributed by atoms with Crippen molar-refractivity contribution in [3.8, 4) is 39.3 Å². The molecule has 0 saturated carbocycles. The molecule has 2 unspecified atom stereocenters.